The largest absolute Gasteiger partial charge is 0.469 e. The van der Waals surface area contributed by atoms with Crippen molar-refractivity contribution in [3.05, 3.63) is 34.9 Å². The molecule has 1 N–H and O–H groups in total. The van der Waals surface area contributed by atoms with Crippen LogP contribution in [0.1, 0.15) is 24.8 Å². The average Bonchev–Trinajstić information content (AvgIpc) is 2.85. The Hall–Kier alpha value is -1.10. The van der Waals surface area contributed by atoms with Crippen LogP contribution >= 0.6 is 11.6 Å². The van der Waals surface area contributed by atoms with Crippen molar-refractivity contribution < 1.29 is 14.6 Å². The van der Waals surface area contributed by atoms with E-state index in [4.69, 9.17) is 16.3 Å². The fourth-order valence-electron chi connectivity index (χ4n) is 2.91. The number of rotatable bonds is 6. The molecule has 4 nitrogen and oxygen atoms in total. The second-order valence-electron chi connectivity index (χ2n) is 5.56. The van der Waals surface area contributed by atoms with E-state index in [0.717, 1.165) is 24.9 Å². The molecule has 1 fully saturated rings. The summed E-state index contributed by atoms with van der Waals surface area (Å²) in [5, 5.41) is 10.9. The molecule has 0 spiro atoms. The Balaban J connectivity index is 1.86. The highest BCUT2D eigenvalue weighted by Crippen LogP contribution is 2.21. The molecule has 0 saturated carbocycles. The number of β-amino-alcohol motifs (C(OH)–C–C–N with tert-alkyl or cyclic N) is 1. The fraction of sp³-hybridized carbons (Fsp3) is 0.562. The maximum absolute atomic E-state index is 11.4. The van der Waals surface area contributed by atoms with Crippen LogP contribution in [0.2, 0.25) is 5.02 Å². The lowest BCUT2D eigenvalue weighted by atomic mass is 10.1. The van der Waals surface area contributed by atoms with Gasteiger partial charge in [-0.3, -0.25) is 9.69 Å². The van der Waals surface area contributed by atoms with Gasteiger partial charge in [0, 0.05) is 17.6 Å². The zero-order valence-corrected chi connectivity index (χ0v) is 13.1. The number of esters is 1. The van der Waals surface area contributed by atoms with Gasteiger partial charge in [0.2, 0.25) is 0 Å². The van der Waals surface area contributed by atoms with E-state index in [2.05, 4.69) is 4.90 Å². The lowest BCUT2D eigenvalue weighted by Crippen LogP contribution is -2.38. The van der Waals surface area contributed by atoms with Gasteiger partial charge in [-0.15, -0.1) is 0 Å². The number of aliphatic hydroxyl groups excluding tert-OH is 1. The smallest absolute Gasteiger partial charge is 0.307 e. The molecule has 1 aromatic carbocycles. The van der Waals surface area contributed by atoms with Crippen molar-refractivity contribution in [3.8, 4) is 0 Å². The maximum Gasteiger partial charge on any atom is 0.307 e. The van der Waals surface area contributed by atoms with Crippen LogP contribution in [0, 0.1) is 0 Å². The van der Waals surface area contributed by atoms with E-state index in [0.29, 0.717) is 24.4 Å². The summed E-state index contributed by atoms with van der Waals surface area (Å²) in [5.41, 5.74) is 1.03. The SMILES string of the molecule is COC(=O)CC1CCCN1CC(O)Cc1cccc(Cl)c1. The van der Waals surface area contributed by atoms with E-state index >= 15 is 0 Å². The number of nitrogens with zero attached hydrogens (tertiary/aromatic N) is 1. The molecule has 1 aliphatic heterocycles. The Morgan fingerprint density at radius 1 is 1.57 bits per heavy atom. The molecule has 0 aliphatic carbocycles. The summed E-state index contributed by atoms with van der Waals surface area (Å²) in [6.45, 7) is 1.50. The summed E-state index contributed by atoms with van der Waals surface area (Å²) in [5.74, 6) is -0.184. The minimum absolute atomic E-state index is 0.184. The van der Waals surface area contributed by atoms with Crippen LogP contribution in [-0.2, 0) is 16.0 Å². The van der Waals surface area contributed by atoms with Crippen LogP contribution < -0.4 is 0 Å². The number of hydrogen-bond acceptors (Lipinski definition) is 4. The number of benzene rings is 1. The first kappa shape index (κ1) is 16.3. The van der Waals surface area contributed by atoms with Crippen LogP contribution in [0.25, 0.3) is 0 Å². The van der Waals surface area contributed by atoms with Crippen molar-refractivity contribution >= 4 is 17.6 Å². The third-order valence-electron chi connectivity index (χ3n) is 3.93. The highest BCUT2D eigenvalue weighted by Gasteiger charge is 2.28. The molecule has 21 heavy (non-hydrogen) atoms. The molecule has 1 aliphatic rings. The van der Waals surface area contributed by atoms with Gasteiger partial charge in [0.15, 0.2) is 0 Å². The van der Waals surface area contributed by atoms with Crippen molar-refractivity contribution in [2.75, 3.05) is 20.2 Å². The molecule has 0 aromatic heterocycles. The second-order valence-corrected chi connectivity index (χ2v) is 6.00. The quantitative estimate of drug-likeness (QED) is 0.819. The number of methoxy groups -OCH3 is 1. The predicted molar refractivity (Wildman–Crippen MR) is 82.4 cm³/mol. The van der Waals surface area contributed by atoms with Gasteiger partial charge in [-0.05, 0) is 43.5 Å². The molecule has 5 heteroatoms. The van der Waals surface area contributed by atoms with Gasteiger partial charge < -0.3 is 9.84 Å². The maximum atomic E-state index is 11.4. The summed E-state index contributed by atoms with van der Waals surface area (Å²) in [4.78, 5) is 13.6. The molecular formula is C16H22ClNO3. The van der Waals surface area contributed by atoms with Gasteiger partial charge in [0.25, 0.3) is 0 Å². The highest BCUT2D eigenvalue weighted by atomic mass is 35.5. The van der Waals surface area contributed by atoms with Crippen molar-refractivity contribution in [3.63, 3.8) is 0 Å². The van der Waals surface area contributed by atoms with Crippen LogP contribution in [0.15, 0.2) is 24.3 Å². The van der Waals surface area contributed by atoms with Crippen molar-refractivity contribution in [2.24, 2.45) is 0 Å². The van der Waals surface area contributed by atoms with Gasteiger partial charge in [-0.1, -0.05) is 23.7 Å². The summed E-state index contributed by atoms with van der Waals surface area (Å²) in [6, 6.07) is 7.74. The van der Waals surface area contributed by atoms with Gasteiger partial charge in [0.05, 0.1) is 19.6 Å². The second kappa shape index (κ2) is 7.78. The summed E-state index contributed by atoms with van der Waals surface area (Å²) < 4.78 is 4.73. The zero-order chi connectivity index (χ0) is 15.2. The van der Waals surface area contributed by atoms with Crippen LogP contribution in [0.3, 0.4) is 0 Å². The molecule has 1 aromatic rings. The van der Waals surface area contributed by atoms with Gasteiger partial charge >= 0.3 is 5.97 Å². The number of hydrogen-bond donors (Lipinski definition) is 1. The summed E-state index contributed by atoms with van der Waals surface area (Å²) in [6.07, 6.45) is 2.56. The Morgan fingerprint density at radius 3 is 3.10 bits per heavy atom. The minimum Gasteiger partial charge on any atom is -0.469 e. The number of carbonyl (C=O) groups excluding carboxylic acids is 1. The minimum atomic E-state index is -0.457. The molecule has 1 saturated heterocycles. The first-order valence-corrected chi connectivity index (χ1v) is 7.69. The lowest BCUT2D eigenvalue weighted by Gasteiger charge is -2.26. The number of likely N-dealkylation sites (tertiary alicyclic amines) is 1. The van der Waals surface area contributed by atoms with Gasteiger partial charge in [-0.25, -0.2) is 0 Å². The summed E-state index contributed by atoms with van der Waals surface area (Å²) >= 11 is 5.95. The molecule has 0 bridgehead atoms. The first-order valence-electron chi connectivity index (χ1n) is 7.32. The Labute approximate surface area is 130 Å². The predicted octanol–water partition coefficient (Wildman–Crippen LogP) is 2.27. The zero-order valence-electron chi connectivity index (χ0n) is 12.3. The molecule has 116 valence electrons. The average molecular weight is 312 g/mol. The Kier molecular flexibility index (Phi) is 6.03. The van der Waals surface area contributed by atoms with Crippen LogP contribution in [0.4, 0.5) is 0 Å². The Morgan fingerprint density at radius 2 is 2.38 bits per heavy atom. The normalized spacial score (nSPS) is 20.4. The van der Waals surface area contributed by atoms with E-state index in [1.54, 1.807) is 0 Å². The number of carbonyl (C=O) groups is 1. The lowest BCUT2D eigenvalue weighted by molar-refractivity contribution is -0.141. The number of aliphatic hydroxyl groups is 1. The van der Waals surface area contributed by atoms with E-state index < -0.39 is 6.10 Å². The number of ether oxygens (including phenoxy) is 1. The van der Waals surface area contributed by atoms with Crippen molar-refractivity contribution in [2.45, 2.75) is 37.8 Å². The Bertz CT molecular complexity index is 480. The molecule has 0 radical (unpaired) electrons. The van der Waals surface area contributed by atoms with Gasteiger partial charge in [-0.2, -0.15) is 0 Å². The molecule has 1 heterocycles. The highest BCUT2D eigenvalue weighted by molar-refractivity contribution is 6.30. The molecule has 2 atom stereocenters. The fourth-order valence-corrected chi connectivity index (χ4v) is 3.13. The first-order chi connectivity index (χ1) is 10.1. The van der Waals surface area contributed by atoms with E-state index in [-0.39, 0.29) is 12.0 Å². The molecule has 0 amide bonds. The van der Waals surface area contributed by atoms with E-state index in [9.17, 15) is 9.90 Å². The topological polar surface area (TPSA) is 49.8 Å². The third-order valence-corrected chi connectivity index (χ3v) is 4.17. The van der Waals surface area contributed by atoms with Crippen LogP contribution in [0.5, 0.6) is 0 Å². The van der Waals surface area contributed by atoms with Crippen molar-refractivity contribution in [1.29, 1.82) is 0 Å². The van der Waals surface area contributed by atoms with E-state index in [1.807, 2.05) is 24.3 Å². The summed E-state index contributed by atoms with van der Waals surface area (Å²) in [7, 11) is 1.41. The van der Waals surface area contributed by atoms with Crippen molar-refractivity contribution in [1.82, 2.24) is 4.90 Å². The monoisotopic (exact) mass is 311 g/mol. The molecule has 2 unspecified atom stereocenters. The molecular weight excluding hydrogens is 290 g/mol. The third kappa shape index (κ3) is 4.99. The number of halogens is 1. The van der Waals surface area contributed by atoms with Crippen LogP contribution in [-0.4, -0.2) is 48.3 Å². The standard InChI is InChI=1S/C16H22ClNO3/c1-21-16(20)10-14-6-3-7-18(14)11-15(19)9-12-4-2-5-13(17)8-12/h2,4-5,8,14-15,19H,3,6-7,9-11H2,1H3. The van der Waals surface area contributed by atoms with Gasteiger partial charge in [0.1, 0.15) is 0 Å². The molecule has 2 rings (SSSR count). The van der Waals surface area contributed by atoms with E-state index in [1.165, 1.54) is 7.11 Å².